The molecule has 6 nitrogen and oxygen atoms in total. The average molecular weight is 366 g/mol. The largest absolute Gasteiger partial charge is 0.465 e. The molecule has 7 heteroatoms. The number of amides is 1. The summed E-state index contributed by atoms with van der Waals surface area (Å²) in [6.45, 7) is 5.82. The van der Waals surface area contributed by atoms with Gasteiger partial charge in [0.2, 0.25) is 5.91 Å². The molecule has 1 amide bonds. The van der Waals surface area contributed by atoms with Crippen molar-refractivity contribution in [1.29, 1.82) is 0 Å². The first-order valence-electron chi connectivity index (χ1n) is 8.88. The molecule has 1 aliphatic carbocycles. The fourth-order valence-corrected chi connectivity index (χ4v) is 5.05. The molecule has 0 unspecified atom stereocenters. The highest BCUT2D eigenvalue weighted by Crippen LogP contribution is 2.38. The van der Waals surface area contributed by atoms with Gasteiger partial charge in [-0.2, -0.15) is 0 Å². The highest BCUT2D eigenvalue weighted by atomic mass is 32.1. The number of hydrogen-bond acceptors (Lipinski definition) is 6. The number of morpholine rings is 1. The summed E-state index contributed by atoms with van der Waals surface area (Å²) < 4.78 is 10.7. The van der Waals surface area contributed by atoms with E-state index < -0.39 is 0 Å². The van der Waals surface area contributed by atoms with Gasteiger partial charge in [0.05, 0.1) is 31.4 Å². The lowest BCUT2D eigenvalue weighted by Crippen LogP contribution is -2.48. The van der Waals surface area contributed by atoms with Crippen LogP contribution in [0.4, 0.5) is 5.00 Å². The van der Waals surface area contributed by atoms with E-state index in [0.717, 1.165) is 44.3 Å². The molecular weight excluding hydrogens is 340 g/mol. The highest BCUT2D eigenvalue weighted by Gasteiger charge is 2.28. The predicted molar refractivity (Wildman–Crippen MR) is 97.4 cm³/mol. The molecule has 2 atom stereocenters. The van der Waals surface area contributed by atoms with Gasteiger partial charge in [0.25, 0.3) is 0 Å². The summed E-state index contributed by atoms with van der Waals surface area (Å²) in [5.74, 6) is -0.451. The first-order valence-corrected chi connectivity index (χ1v) is 9.70. The highest BCUT2D eigenvalue weighted by molar-refractivity contribution is 7.17. The maximum Gasteiger partial charge on any atom is 0.341 e. The minimum Gasteiger partial charge on any atom is -0.465 e. The number of fused-ring (bicyclic) bond motifs is 1. The number of esters is 1. The number of nitrogens with zero attached hydrogens (tertiary/aromatic N) is 1. The van der Waals surface area contributed by atoms with Gasteiger partial charge < -0.3 is 14.8 Å². The Kier molecular flexibility index (Phi) is 5.76. The molecule has 2 aliphatic rings. The van der Waals surface area contributed by atoms with Crippen LogP contribution in [0, 0.1) is 0 Å². The van der Waals surface area contributed by atoms with Gasteiger partial charge in [-0.15, -0.1) is 11.3 Å². The van der Waals surface area contributed by atoms with Crippen LogP contribution in [-0.4, -0.2) is 55.7 Å². The number of rotatable bonds is 4. The van der Waals surface area contributed by atoms with Crippen LogP contribution < -0.4 is 5.32 Å². The quantitative estimate of drug-likeness (QED) is 0.829. The zero-order chi connectivity index (χ0) is 18.0. The van der Waals surface area contributed by atoms with Gasteiger partial charge in [-0.25, -0.2) is 4.79 Å². The van der Waals surface area contributed by atoms with Gasteiger partial charge in [-0.1, -0.05) is 0 Å². The number of thiophene rings is 1. The molecular formula is C18H26N2O4S. The number of ether oxygens (including phenoxy) is 2. The monoisotopic (exact) mass is 366 g/mol. The van der Waals surface area contributed by atoms with Crippen molar-refractivity contribution in [3.63, 3.8) is 0 Å². The van der Waals surface area contributed by atoms with Gasteiger partial charge in [0.15, 0.2) is 0 Å². The molecule has 1 aliphatic heterocycles. The second kappa shape index (κ2) is 7.85. The molecule has 0 radical (unpaired) electrons. The number of anilines is 1. The standard InChI is InChI=1S/C18H26N2O4S/c1-11-8-20(9-12(2)24-11)10-15(21)19-17-16(18(22)23-3)13-6-4-5-7-14(13)25-17/h11-12H,4-10H2,1-3H3,(H,19,21)/t11-,12+. The van der Waals surface area contributed by atoms with Crippen LogP contribution in [0.1, 0.15) is 47.5 Å². The van der Waals surface area contributed by atoms with E-state index >= 15 is 0 Å². The first kappa shape index (κ1) is 18.4. The SMILES string of the molecule is COC(=O)c1c(NC(=O)CN2C[C@@H](C)O[C@@H](C)C2)sc2c1CCCC2. The smallest absolute Gasteiger partial charge is 0.341 e. The molecule has 0 aromatic carbocycles. The lowest BCUT2D eigenvalue weighted by molar-refractivity contribution is -0.121. The fraction of sp³-hybridized carbons (Fsp3) is 0.667. The van der Waals surface area contributed by atoms with Crippen molar-refractivity contribution in [2.75, 3.05) is 32.1 Å². The van der Waals surface area contributed by atoms with Crippen molar-refractivity contribution in [1.82, 2.24) is 4.90 Å². The second-order valence-electron chi connectivity index (χ2n) is 6.91. The number of nitrogens with one attached hydrogen (secondary N) is 1. The minimum absolute atomic E-state index is 0.0925. The third kappa shape index (κ3) is 4.22. The molecule has 25 heavy (non-hydrogen) atoms. The zero-order valence-electron chi connectivity index (χ0n) is 15.1. The third-order valence-corrected chi connectivity index (χ3v) is 5.88. The molecule has 1 N–H and O–H groups in total. The summed E-state index contributed by atoms with van der Waals surface area (Å²) in [5, 5.41) is 3.59. The van der Waals surface area contributed by atoms with E-state index in [1.807, 2.05) is 13.8 Å². The molecule has 0 spiro atoms. The van der Waals surface area contributed by atoms with Crippen LogP contribution in [0.2, 0.25) is 0 Å². The van der Waals surface area contributed by atoms with Crippen molar-refractivity contribution in [3.05, 3.63) is 16.0 Å². The zero-order valence-corrected chi connectivity index (χ0v) is 15.9. The van der Waals surface area contributed by atoms with Crippen molar-refractivity contribution in [3.8, 4) is 0 Å². The lowest BCUT2D eigenvalue weighted by atomic mass is 9.95. The van der Waals surface area contributed by atoms with Crippen molar-refractivity contribution in [2.45, 2.75) is 51.7 Å². The van der Waals surface area contributed by atoms with Crippen LogP contribution in [0.5, 0.6) is 0 Å². The van der Waals surface area contributed by atoms with E-state index in [4.69, 9.17) is 9.47 Å². The molecule has 3 rings (SSSR count). The lowest BCUT2D eigenvalue weighted by Gasteiger charge is -2.34. The van der Waals surface area contributed by atoms with E-state index in [0.29, 0.717) is 17.1 Å². The van der Waals surface area contributed by atoms with E-state index in [-0.39, 0.29) is 24.1 Å². The Balaban J connectivity index is 1.72. The van der Waals surface area contributed by atoms with Crippen LogP contribution >= 0.6 is 11.3 Å². The first-order chi connectivity index (χ1) is 12.0. The summed E-state index contributed by atoms with van der Waals surface area (Å²) in [7, 11) is 1.39. The van der Waals surface area contributed by atoms with Crippen LogP contribution in [-0.2, 0) is 27.1 Å². The van der Waals surface area contributed by atoms with Crippen molar-refractivity contribution in [2.24, 2.45) is 0 Å². The second-order valence-corrected chi connectivity index (χ2v) is 8.01. The van der Waals surface area contributed by atoms with Gasteiger partial charge in [0, 0.05) is 18.0 Å². The molecule has 1 fully saturated rings. The van der Waals surface area contributed by atoms with Gasteiger partial charge >= 0.3 is 5.97 Å². The molecule has 138 valence electrons. The Bertz CT molecular complexity index is 648. The fourth-order valence-electron chi connectivity index (χ4n) is 3.75. The van der Waals surface area contributed by atoms with Crippen LogP contribution in [0.25, 0.3) is 0 Å². The summed E-state index contributed by atoms with van der Waals surface area (Å²) in [6.07, 6.45) is 4.30. The van der Waals surface area contributed by atoms with Gasteiger partial charge in [-0.05, 0) is 45.1 Å². The Morgan fingerprint density at radius 1 is 1.24 bits per heavy atom. The number of carbonyl (C=O) groups excluding carboxylic acids is 2. The summed E-state index contributed by atoms with van der Waals surface area (Å²) >= 11 is 1.52. The Hall–Kier alpha value is -1.44. The van der Waals surface area contributed by atoms with Crippen LogP contribution in [0.15, 0.2) is 0 Å². The molecule has 0 bridgehead atoms. The number of hydrogen-bond donors (Lipinski definition) is 1. The van der Waals surface area contributed by atoms with Crippen molar-refractivity contribution < 1.29 is 19.1 Å². The van der Waals surface area contributed by atoms with E-state index in [2.05, 4.69) is 10.2 Å². The summed E-state index contributed by atoms with van der Waals surface area (Å²) in [5.41, 5.74) is 1.62. The normalized spacial score (nSPS) is 23.8. The van der Waals surface area contributed by atoms with E-state index in [1.165, 1.54) is 23.3 Å². The molecule has 1 aromatic rings. The van der Waals surface area contributed by atoms with Gasteiger partial charge in [0.1, 0.15) is 5.00 Å². The predicted octanol–water partition coefficient (Wildman–Crippen LogP) is 2.46. The molecule has 0 saturated carbocycles. The minimum atomic E-state index is -0.358. The third-order valence-electron chi connectivity index (χ3n) is 4.68. The number of aryl methyl sites for hydroxylation is 1. The number of methoxy groups -OCH3 is 1. The molecule has 1 saturated heterocycles. The summed E-state index contributed by atoms with van der Waals surface area (Å²) in [6, 6.07) is 0. The van der Waals surface area contributed by atoms with Crippen molar-refractivity contribution >= 4 is 28.2 Å². The molecule has 2 heterocycles. The summed E-state index contributed by atoms with van der Waals surface area (Å²) in [4.78, 5) is 28.1. The Morgan fingerprint density at radius 2 is 1.92 bits per heavy atom. The van der Waals surface area contributed by atoms with E-state index in [1.54, 1.807) is 0 Å². The Labute approximate surface area is 152 Å². The van der Waals surface area contributed by atoms with Gasteiger partial charge in [-0.3, -0.25) is 9.69 Å². The maximum absolute atomic E-state index is 12.5. The van der Waals surface area contributed by atoms with Crippen LogP contribution in [0.3, 0.4) is 0 Å². The van der Waals surface area contributed by atoms with E-state index in [9.17, 15) is 9.59 Å². The molecule has 1 aromatic heterocycles. The maximum atomic E-state index is 12.5. The Morgan fingerprint density at radius 3 is 2.60 bits per heavy atom. The topological polar surface area (TPSA) is 67.9 Å². The average Bonchev–Trinajstić information content (AvgIpc) is 2.90. The number of carbonyl (C=O) groups is 2.